The van der Waals surface area contributed by atoms with Gasteiger partial charge >= 0.3 is 0 Å². The van der Waals surface area contributed by atoms with Crippen molar-refractivity contribution in [3.05, 3.63) is 65.2 Å². The highest BCUT2D eigenvalue weighted by molar-refractivity contribution is 5.37. The van der Waals surface area contributed by atoms with Gasteiger partial charge in [-0.1, -0.05) is 42.5 Å². The monoisotopic (exact) mass is 270 g/mol. The molecule has 3 N–H and O–H groups in total. The lowest BCUT2D eigenvalue weighted by atomic mass is 9.98. The minimum atomic E-state index is 0.129. The van der Waals surface area contributed by atoms with E-state index in [2.05, 4.69) is 47.9 Å². The number of methoxy groups -OCH3 is 1. The normalized spacial score (nSPS) is 12.2. The summed E-state index contributed by atoms with van der Waals surface area (Å²) in [5.74, 6) is 6.61. The van der Waals surface area contributed by atoms with Crippen LogP contribution < -0.4 is 16.0 Å². The van der Waals surface area contributed by atoms with Crippen molar-refractivity contribution in [2.24, 2.45) is 5.84 Å². The molecule has 0 aliphatic rings. The van der Waals surface area contributed by atoms with Crippen LogP contribution in [-0.2, 0) is 6.42 Å². The smallest absolute Gasteiger partial charge is 0.122 e. The summed E-state index contributed by atoms with van der Waals surface area (Å²) >= 11 is 0. The Kier molecular flexibility index (Phi) is 5.16. The van der Waals surface area contributed by atoms with Gasteiger partial charge in [0, 0.05) is 6.04 Å². The fourth-order valence-corrected chi connectivity index (χ4v) is 2.36. The third-order valence-corrected chi connectivity index (χ3v) is 3.60. The summed E-state index contributed by atoms with van der Waals surface area (Å²) in [5, 5.41) is 0. The molecule has 1 atom stereocenters. The number of rotatable bonds is 6. The molecule has 106 valence electrons. The van der Waals surface area contributed by atoms with Crippen molar-refractivity contribution in [2.75, 3.05) is 7.11 Å². The molecule has 0 bridgehead atoms. The van der Waals surface area contributed by atoms with E-state index >= 15 is 0 Å². The first-order valence-corrected chi connectivity index (χ1v) is 6.89. The summed E-state index contributed by atoms with van der Waals surface area (Å²) < 4.78 is 5.37. The summed E-state index contributed by atoms with van der Waals surface area (Å²) in [6.45, 7) is 2.04. The maximum atomic E-state index is 5.71. The molecule has 0 radical (unpaired) electrons. The Bertz CT molecular complexity index is 540. The second kappa shape index (κ2) is 7.08. The number of benzene rings is 2. The van der Waals surface area contributed by atoms with Crippen molar-refractivity contribution in [3.63, 3.8) is 0 Å². The molecular weight excluding hydrogens is 248 g/mol. The SMILES string of the molecule is COc1cc(C(CCc2ccccc2)NN)ccc1C. The lowest BCUT2D eigenvalue weighted by molar-refractivity contribution is 0.409. The summed E-state index contributed by atoms with van der Waals surface area (Å²) in [7, 11) is 1.70. The highest BCUT2D eigenvalue weighted by Gasteiger charge is 2.11. The number of nitrogens with one attached hydrogen (secondary N) is 1. The largest absolute Gasteiger partial charge is 0.496 e. The molecule has 3 nitrogen and oxygen atoms in total. The lowest BCUT2D eigenvalue weighted by Crippen LogP contribution is -2.28. The Morgan fingerprint density at radius 3 is 2.55 bits per heavy atom. The lowest BCUT2D eigenvalue weighted by Gasteiger charge is -2.18. The van der Waals surface area contributed by atoms with E-state index in [9.17, 15) is 0 Å². The van der Waals surface area contributed by atoms with E-state index in [4.69, 9.17) is 10.6 Å². The Hall–Kier alpha value is -1.84. The Labute approximate surface area is 120 Å². The van der Waals surface area contributed by atoms with Crippen LogP contribution in [0.4, 0.5) is 0 Å². The zero-order valence-electron chi connectivity index (χ0n) is 12.1. The summed E-state index contributed by atoms with van der Waals surface area (Å²) in [6.07, 6.45) is 1.94. The molecule has 0 spiro atoms. The topological polar surface area (TPSA) is 47.3 Å². The van der Waals surface area contributed by atoms with Crippen LogP contribution in [0, 0.1) is 6.92 Å². The molecule has 0 aromatic heterocycles. The van der Waals surface area contributed by atoms with Crippen molar-refractivity contribution < 1.29 is 4.74 Å². The molecule has 0 aliphatic heterocycles. The van der Waals surface area contributed by atoms with Gasteiger partial charge in [-0.15, -0.1) is 0 Å². The van der Waals surface area contributed by atoms with E-state index in [0.717, 1.165) is 29.7 Å². The number of aryl methyl sites for hydroxylation is 2. The van der Waals surface area contributed by atoms with Crippen LogP contribution in [0.5, 0.6) is 5.75 Å². The fourth-order valence-electron chi connectivity index (χ4n) is 2.36. The van der Waals surface area contributed by atoms with E-state index in [1.54, 1.807) is 7.11 Å². The van der Waals surface area contributed by atoms with E-state index in [1.165, 1.54) is 5.56 Å². The molecule has 2 aromatic rings. The standard InChI is InChI=1S/C17H22N2O/c1-13-8-10-15(12-17(13)20-2)16(19-18)11-9-14-6-4-3-5-7-14/h3-8,10,12,16,19H,9,11,18H2,1-2H3. The first-order valence-electron chi connectivity index (χ1n) is 6.89. The van der Waals surface area contributed by atoms with Crippen molar-refractivity contribution in [3.8, 4) is 5.75 Å². The van der Waals surface area contributed by atoms with Crippen molar-refractivity contribution in [1.82, 2.24) is 5.43 Å². The van der Waals surface area contributed by atoms with Crippen molar-refractivity contribution in [1.29, 1.82) is 0 Å². The maximum absolute atomic E-state index is 5.71. The number of nitrogens with two attached hydrogens (primary N) is 1. The minimum Gasteiger partial charge on any atom is -0.496 e. The quantitative estimate of drug-likeness (QED) is 0.626. The van der Waals surface area contributed by atoms with Crippen LogP contribution in [-0.4, -0.2) is 7.11 Å². The molecule has 2 rings (SSSR count). The second-order valence-corrected chi connectivity index (χ2v) is 4.97. The average Bonchev–Trinajstić information content (AvgIpc) is 2.50. The Morgan fingerprint density at radius 2 is 1.90 bits per heavy atom. The van der Waals surface area contributed by atoms with Crippen LogP contribution in [0.3, 0.4) is 0 Å². The number of hydrogen-bond donors (Lipinski definition) is 2. The van der Waals surface area contributed by atoms with E-state index in [1.807, 2.05) is 13.0 Å². The zero-order valence-corrected chi connectivity index (χ0v) is 12.1. The first-order chi connectivity index (χ1) is 9.74. The van der Waals surface area contributed by atoms with Gasteiger partial charge in [-0.25, -0.2) is 0 Å². The van der Waals surface area contributed by atoms with Gasteiger partial charge < -0.3 is 4.74 Å². The van der Waals surface area contributed by atoms with E-state index in [-0.39, 0.29) is 6.04 Å². The molecule has 1 unspecified atom stereocenters. The molecule has 20 heavy (non-hydrogen) atoms. The highest BCUT2D eigenvalue weighted by atomic mass is 16.5. The van der Waals surface area contributed by atoms with Gasteiger partial charge in [-0.3, -0.25) is 11.3 Å². The van der Waals surface area contributed by atoms with Gasteiger partial charge in [0.15, 0.2) is 0 Å². The van der Waals surface area contributed by atoms with Crippen LogP contribution in [0.1, 0.15) is 29.2 Å². The van der Waals surface area contributed by atoms with E-state index < -0.39 is 0 Å². The molecule has 3 heteroatoms. The van der Waals surface area contributed by atoms with Gasteiger partial charge in [-0.05, 0) is 42.5 Å². The van der Waals surface area contributed by atoms with Gasteiger partial charge in [0.2, 0.25) is 0 Å². The summed E-state index contributed by atoms with van der Waals surface area (Å²) in [5.41, 5.74) is 6.52. The number of ether oxygens (including phenoxy) is 1. The van der Waals surface area contributed by atoms with Crippen LogP contribution in [0.2, 0.25) is 0 Å². The second-order valence-electron chi connectivity index (χ2n) is 4.97. The van der Waals surface area contributed by atoms with E-state index in [0.29, 0.717) is 0 Å². The highest BCUT2D eigenvalue weighted by Crippen LogP contribution is 2.25. The third-order valence-electron chi connectivity index (χ3n) is 3.60. The van der Waals surface area contributed by atoms with Crippen molar-refractivity contribution >= 4 is 0 Å². The Morgan fingerprint density at radius 1 is 1.15 bits per heavy atom. The van der Waals surface area contributed by atoms with Gasteiger partial charge in [0.1, 0.15) is 5.75 Å². The predicted octanol–water partition coefficient (Wildman–Crippen LogP) is 3.14. The van der Waals surface area contributed by atoms with Crippen molar-refractivity contribution in [2.45, 2.75) is 25.8 Å². The minimum absolute atomic E-state index is 0.129. The molecule has 0 amide bonds. The fraction of sp³-hybridized carbons (Fsp3) is 0.294. The molecule has 0 fully saturated rings. The average molecular weight is 270 g/mol. The third kappa shape index (κ3) is 3.59. The summed E-state index contributed by atoms with van der Waals surface area (Å²) in [6, 6.07) is 16.8. The molecule has 0 saturated carbocycles. The van der Waals surface area contributed by atoms with Crippen LogP contribution in [0.25, 0.3) is 0 Å². The number of hydrogen-bond acceptors (Lipinski definition) is 3. The molecule has 0 aliphatic carbocycles. The predicted molar refractivity (Wildman–Crippen MR) is 82.6 cm³/mol. The van der Waals surface area contributed by atoms with Crippen LogP contribution >= 0.6 is 0 Å². The maximum Gasteiger partial charge on any atom is 0.122 e. The van der Waals surface area contributed by atoms with Gasteiger partial charge in [-0.2, -0.15) is 0 Å². The van der Waals surface area contributed by atoms with Gasteiger partial charge in [0.25, 0.3) is 0 Å². The molecular formula is C17H22N2O. The molecule has 0 saturated heterocycles. The first kappa shape index (κ1) is 14.6. The summed E-state index contributed by atoms with van der Waals surface area (Å²) in [4.78, 5) is 0. The molecule has 2 aromatic carbocycles. The molecule has 0 heterocycles. The van der Waals surface area contributed by atoms with Crippen LogP contribution in [0.15, 0.2) is 48.5 Å². The zero-order chi connectivity index (χ0) is 14.4. The van der Waals surface area contributed by atoms with Gasteiger partial charge in [0.05, 0.1) is 7.11 Å². The number of hydrazine groups is 1. The Balaban J connectivity index is 2.08.